The summed E-state index contributed by atoms with van der Waals surface area (Å²) >= 11 is 0. The normalized spacial score (nSPS) is 42.2. The van der Waals surface area contributed by atoms with Crippen molar-refractivity contribution < 1.29 is 9.59 Å². The van der Waals surface area contributed by atoms with Crippen molar-refractivity contribution in [3.63, 3.8) is 0 Å². The molecule has 8 saturated carbocycles. The van der Waals surface area contributed by atoms with Gasteiger partial charge in [0.1, 0.15) is 0 Å². The van der Waals surface area contributed by atoms with E-state index in [1.807, 2.05) is 0 Å². The molecule has 0 aromatic rings. The molecule has 7 heteroatoms. The van der Waals surface area contributed by atoms with Gasteiger partial charge in [0, 0.05) is 24.2 Å². The predicted molar refractivity (Wildman–Crippen MR) is 137 cm³/mol. The lowest BCUT2D eigenvalue weighted by Crippen LogP contribution is -2.61. The first-order valence-corrected chi connectivity index (χ1v) is 14.8. The van der Waals surface area contributed by atoms with Crippen molar-refractivity contribution in [3.05, 3.63) is 0 Å². The van der Waals surface area contributed by atoms with E-state index in [-0.39, 0.29) is 23.1 Å². The van der Waals surface area contributed by atoms with E-state index < -0.39 is 0 Å². The summed E-state index contributed by atoms with van der Waals surface area (Å²) in [6, 6.07) is 0.0578. The molecule has 0 heterocycles. The van der Waals surface area contributed by atoms with Crippen LogP contribution in [0.5, 0.6) is 0 Å². The Morgan fingerprint density at radius 2 is 0.829 bits per heavy atom. The Morgan fingerprint density at radius 1 is 0.514 bits per heavy atom. The van der Waals surface area contributed by atoms with Gasteiger partial charge < -0.3 is 26.6 Å². The number of amides is 4. The molecule has 0 saturated heterocycles. The molecule has 196 valence electrons. The highest BCUT2D eigenvalue weighted by Crippen LogP contribution is 2.56. The number of rotatable bonds is 10. The minimum atomic E-state index is 0.0289. The molecule has 7 nitrogen and oxygen atoms in total. The smallest absolute Gasteiger partial charge is 0.315 e. The van der Waals surface area contributed by atoms with Crippen molar-refractivity contribution in [1.29, 1.82) is 0 Å². The number of carbonyl (C=O) groups excluding carboxylic acids is 2. The van der Waals surface area contributed by atoms with Gasteiger partial charge in [-0.1, -0.05) is 0 Å². The molecule has 0 unspecified atom stereocenters. The second kappa shape index (κ2) is 9.75. The Balaban J connectivity index is 0.792. The Labute approximate surface area is 211 Å². The van der Waals surface area contributed by atoms with Gasteiger partial charge in [-0.15, -0.1) is 0 Å². The highest BCUT2D eigenvalue weighted by Gasteiger charge is 2.52. The van der Waals surface area contributed by atoms with E-state index in [0.717, 1.165) is 61.4 Å². The minimum Gasteiger partial charge on any atom is -0.338 e. The van der Waals surface area contributed by atoms with Gasteiger partial charge in [-0.05, 0) is 138 Å². The van der Waals surface area contributed by atoms with E-state index in [9.17, 15) is 9.59 Å². The SMILES string of the molecule is O=C(NCCCNCCCNC(=O)NC12CC3CC(CC(C3)C1)C2)NC12CC3CC(CC(C3)C1)C2. The zero-order valence-corrected chi connectivity index (χ0v) is 21.5. The van der Waals surface area contributed by atoms with E-state index >= 15 is 0 Å². The first-order valence-electron chi connectivity index (χ1n) is 14.8. The second-order valence-electron chi connectivity index (χ2n) is 13.6. The molecule has 0 radical (unpaired) electrons. The van der Waals surface area contributed by atoms with Gasteiger partial charge in [-0.2, -0.15) is 0 Å². The number of hydrogen-bond donors (Lipinski definition) is 5. The fourth-order valence-corrected chi connectivity index (χ4v) is 10.1. The summed E-state index contributed by atoms with van der Waals surface area (Å²) in [5.41, 5.74) is 0.179. The van der Waals surface area contributed by atoms with Crippen molar-refractivity contribution in [1.82, 2.24) is 26.6 Å². The molecule has 4 amide bonds. The fraction of sp³-hybridized carbons (Fsp3) is 0.929. The number of carbonyl (C=O) groups is 2. The van der Waals surface area contributed by atoms with Crippen LogP contribution < -0.4 is 26.6 Å². The van der Waals surface area contributed by atoms with Crippen LogP contribution in [-0.2, 0) is 0 Å². The number of nitrogens with one attached hydrogen (secondary N) is 5. The van der Waals surface area contributed by atoms with Crippen molar-refractivity contribution in [2.75, 3.05) is 26.2 Å². The van der Waals surface area contributed by atoms with E-state index in [1.54, 1.807) is 0 Å². The van der Waals surface area contributed by atoms with Crippen LogP contribution in [0.2, 0.25) is 0 Å². The van der Waals surface area contributed by atoms with E-state index in [2.05, 4.69) is 26.6 Å². The van der Waals surface area contributed by atoms with Crippen LogP contribution >= 0.6 is 0 Å². The summed E-state index contributed by atoms with van der Waals surface area (Å²) in [6.45, 7) is 3.18. The van der Waals surface area contributed by atoms with Gasteiger partial charge >= 0.3 is 12.1 Å². The molecule has 8 aliphatic rings. The van der Waals surface area contributed by atoms with Crippen molar-refractivity contribution in [2.24, 2.45) is 35.5 Å². The highest BCUT2D eigenvalue weighted by atomic mass is 16.2. The van der Waals surface area contributed by atoms with Gasteiger partial charge in [-0.3, -0.25) is 0 Å². The van der Waals surface area contributed by atoms with Gasteiger partial charge in [0.15, 0.2) is 0 Å². The van der Waals surface area contributed by atoms with Gasteiger partial charge in [0.2, 0.25) is 0 Å². The Morgan fingerprint density at radius 3 is 1.14 bits per heavy atom. The topological polar surface area (TPSA) is 94.3 Å². The van der Waals surface area contributed by atoms with Crippen LogP contribution in [0, 0.1) is 35.5 Å². The summed E-state index contributed by atoms with van der Waals surface area (Å²) in [4.78, 5) is 25.0. The highest BCUT2D eigenvalue weighted by molar-refractivity contribution is 5.75. The quantitative estimate of drug-likeness (QED) is 0.304. The molecule has 0 aromatic heterocycles. The third-order valence-corrected chi connectivity index (χ3v) is 10.5. The summed E-state index contributed by atoms with van der Waals surface area (Å²) in [7, 11) is 0. The summed E-state index contributed by atoms with van der Waals surface area (Å²) < 4.78 is 0. The third kappa shape index (κ3) is 5.45. The van der Waals surface area contributed by atoms with Crippen LogP contribution in [-0.4, -0.2) is 49.3 Å². The van der Waals surface area contributed by atoms with Crippen LogP contribution in [0.3, 0.4) is 0 Å². The maximum absolute atomic E-state index is 12.5. The Kier molecular flexibility index (Phi) is 6.65. The lowest BCUT2D eigenvalue weighted by atomic mass is 9.53. The van der Waals surface area contributed by atoms with Crippen LogP contribution in [0.1, 0.15) is 89.9 Å². The molecule has 35 heavy (non-hydrogen) atoms. The summed E-state index contributed by atoms with van der Waals surface area (Å²) in [5.74, 6) is 5.10. The van der Waals surface area contributed by atoms with Gasteiger partial charge in [0.05, 0.1) is 0 Å². The lowest BCUT2D eigenvalue weighted by molar-refractivity contribution is -0.0138. The molecule has 0 aromatic carbocycles. The summed E-state index contributed by atoms with van der Waals surface area (Å²) in [6.07, 6.45) is 17.4. The molecular weight excluding hydrogens is 438 g/mol. The van der Waals surface area contributed by atoms with Crippen molar-refractivity contribution in [3.8, 4) is 0 Å². The van der Waals surface area contributed by atoms with E-state index in [1.165, 1.54) is 77.0 Å². The molecule has 8 aliphatic carbocycles. The maximum atomic E-state index is 12.5. The van der Waals surface area contributed by atoms with Crippen molar-refractivity contribution >= 4 is 12.1 Å². The average molecular weight is 486 g/mol. The predicted octanol–water partition coefficient (Wildman–Crippen LogP) is 3.89. The maximum Gasteiger partial charge on any atom is 0.315 e. The standard InChI is InChI=1S/C28H47N5O2/c34-25(32-27-13-19-7-20(14-27)9-21(8-19)15-27)30-5-1-3-29-4-2-6-31-26(35)33-28-16-22-10-23(17-28)12-24(11-22)18-28/h19-24,29H,1-18H2,(H2,30,32,34)(H2,31,33,35). The molecule has 8 bridgehead atoms. The van der Waals surface area contributed by atoms with Crippen LogP contribution in [0.15, 0.2) is 0 Å². The second-order valence-corrected chi connectivity index (χ2v) is 13.6. The molecular formula is C28H47N5O2. The molecule has 0 spiro atoms. The molecule has 0 aliphatic heterocycles. The average Bonchev–Trinajstić information content (AvgIpc) is 2.75. The van der Waals surface area contributed by atoms with Crippen LogP contribution in [0.4, 0.5) is 9.59 Å². The van der Waals surface area contributed by atoms with E-state index in [4.69, 9.17) is 0 Å². The first kappa shape index (κ1) is 23.9. The van der Waals surface area contributed by atoms with Crippen molar-refractivity contribution in [2.45, 2.75) is 101 Å². The lowest BCUT2D eigenvalue weighted by Gasteiger charge is -2.56. The minimum absolute atomic E-state index is 0.0289. The Hall–Kier alpha value is -1.50. The van der Waals surface area contributed by atoms with Gasteiger partial charge in [0.25, 0.3) is 0 Å². The monoisotopic (exact) mass is 485 g/mol. The number of hydrogen-bond acceptors (Lipinski definition) is 3. The first-order chi connectivity index (χ1) is 17.0. The zero-order valence-electron chi connectivity index (χ0n) is 21.5. The largest absolute Gasteiger partial charge is 0.338 e. The molecule has 8 fully saturated rings. The van der Waals surface area contributed by atoms with Gasteiger partial charge in [-0.25, -0.2) is 9.59 Å². The van der Waals surface area contributed by atoms with Crippen LogP contribution in [0.25, 0.3) is 0 Å². The zero-order chi connectivity index (χ0) is 23.9. The molecule has 0 atom stereocenters. The number of urea groups is 2. The van der Waals surface area contributed by atoms with E-state index in [0.29, 0.717) is 13.1 Å². The fourth-order valence-electron chi connectivity index (χ4n) is 10.1. The molecule has 8 rings (SSSR count). The Bertz CT molecular complexity index is 664. The molecule has 5 N–H and O–H groups in total. The summed E-state index contributed by atoms with van der Waals surface area (Å²) in [5, 5.41) is 16.4. The third-order valence-electron chi connectivity index (χ3n) is 10.5.